The van der Waals surface area contributed by atoms with E-state index in [1.165, 1.54) is 16.7 Å². The Morgan fingerprint density at radius 1 is 1.50 bits per heavy atom. The lowest BCUT2D eigenvalue weighted by Gasteiger charge is -2.15. The predicted octanol–water partition coefficient (Wildman–Crippen LogP) is 3.13. The Kier molecular flexibility index (Phi) is 3.90. The van der Waals surface area contributed by atoms with Crippen LogP contribution in [-0.2, 0) is 6.42 Å². The highest BCUT2D eigenvalue weighted by atomic mass is 14.6. The van der Waals surface area contributed by atoms with Crippen LogP contribution in [0.4, 0.5) is 0 Å². The van der Waals surface area contributed by atoms with Crippen LogP contribution in [0.5, 0.6) is 0 Å². The van der Waals surface area contributed by atoms with Gasteiger partial charge in [-0.2, -0.15) is 0 Å². The SMILES string of the molecule is C=CC[C@@H](N)c1cc(C)ccc1CC. The molecule has 0 radical (unpaired) electrons. The molecule has 0 saturated carbocycles. The second-order valence-electron chi connectivity index (χ2n) is 3.69. The fourth-order valence-corrected chi connectivity index (χ4v) is 1.69. The summed E-state index contributed by atoms with van der Waals surface area (Å²) in [5.41, 5.74) is 9.98. The van der Waals surface area contributed by atoms with E-state index in [-0.39, 0.29) is 6.04 Å². The quantitative estimate of drug-likeness (QED) is 0.723. The zero-order chi connectivity index (χ0) is 10.6. The molecule has 0 amide bonds. The van der Waals surface area contributed by atoms with Crippen LogP contribution in [0, 0.1) is 6.92 Å². The van der Waals surface area contributed by atoms with E-state index in [4.69, 9.17) is 5.73 Å². The van der Waals surface area contributed by atoms with Gasteiger partial charge in [-0.15, -0.1) is 6.58 Å². The van der Waals surface area contributed by atoms with Gasteiger partial charge in [-0.3, -0.25) is 0 Å². The molecule has 0 fully saturated rings. The second kappa shape index (κ2) is 4.97. The molecule has 0 spiro atoms. The van der Waals surface area contributed by atoms with E-state index in [1.807, 2.05) is 6.08 Å². The normalized spacial score (nSPS) is 12.5. The van der Waals surface area contributed by atoms with Crippen molar-refractivity contribution in [3.05, 3.63) is 47.5 Å². The molecule has 0 aliphatic carbocycles. The third-order valence-electron chi connectivity index (χ3n) is 2.50. The van der Waals surface area contributed by atoms with Gasteiger partial charge in [-0.05, 0) is 30.9 Å². The molecule has 0 heterocycles. The van der Waals surface area contributed by atoms with Crippen LogP contribution in [0.25, 0.3) is 0 Å². The molecular weight excluding hydrogens is 170 g/mol. The van der Waals surface area contributed by atoms with E-state index in [2.05, 4.69) is 38.6 Å². The van der Waals surface area contributed by atoms with E-state index >= 15 is 0 Å². The van der Waals surface area contributed by atoms with Gasteiger partial charge in [0.2, 0.25) is 0 Å². The second-order valence-corrected chi connectivity index (χ2v) is 3.69. The van der Waals surface area contributed by atoms with Crippen molar-refractivity contribution in [1.29, 1.82) is 0 Å². The summed E-state index contributed by atoms with van der Waals surface area (Å²) < 4.78 is 0. The van der Waals surface area contributed by atoms with Crippen LogP contribution in [0.15, 0.2) is 30.9 Å². The molecule has 1 aromatic rings. The minimum atomic E-state index is 0.0994. The first-order chi connectivity index (χ1) is 6.69. The number of benzene rings is 1. The van der Waals surface area contributed by atoms with E-state index in [0.717, 1.165) is 12.8 Å². The number of nitrogens with two attached hydrogens (primary N) is 1. The molecule has 1 atom stereocenters. The van der Waals surface area contributed by atoms with Gasteiger partial charge in [-0.1, -0.05) is 36.8 Å². The topological polar surface area (TPSA) is 26.0 Å². The Morgan fingerprint density at radius 2 is 2.21 bits per heavy atom. The monoisotopic (exact) mass is 189 g/mol. The van der Waals surface area contributed by atoms with Crippen molar-refractivity contribution in [2.75, 3.05) is 0 Å². The zero-order valence-corrected chi connectivity index (χ0v) is 9.09. The summed E-state index contributed by atoms with van der Waals surface area (Å²) in [6.45, 7) is 7.99. The van der Waals surface area contributed by atoms with Gasteiger partial charge in [-0.25, -0.2) is 0 Å². The Morgan fingerprint density at radius 3 is 2.79 bits per heavy atom. The summed E-state index contributed by atoms with van der Waals surface area (Å²) in [5.74, 6) is 0. The molecule has 0 saturated heterocycles. The summed E-state index contributed by atoms with van der Waals surface area (Å²) in [5, 5.41) is 0. The summed E-state index contributed by atoms with van der Waals surface area (Å²) >= 11 is 0. The minimum absolute atomic E-state index is 0.0994. The number of aryl methyl sites for hydroxylation is 2. The molecule has 76 valence electrons. The lowest BCUT2D eigenvalue weighted by molar-refractivity contribution is 0.729. The maximum absolute atomic E-state index is 6.08. The highest BCUT2D eigenvalue weighted by Gasteiger charge is 2.08. The molecule has 0 aromatic heterocycles. The molecular formula is C13H19N. The highest BCUT2D eigenvalue weighted by Crippen LogP contribution is 2.21. The smallest absolute Gasteiger partial charge is 0.0332 e. The molecule has 1 heteroatoms. The van der Waals surface area contributed by atoms with E-state index in [0.29, 0.717) is 0 Å². The van der Waals surface area contributed by atoms with Crippen molar-refractivity contribution in [3.8, 4) is 0 Å². The molecule has 0 bridgehead atoms. The average Bonchev–Trinajstić information content (AvgIpc) is 2.18. The van der Waals surface area contributed by atoms with Crippen molar-refractivity contribution < 1.29 is 0 Å². The average molecular weight is 189 g/mol. The van der Waals surface area contributed by atoms with Crippen molar-refractivity contribution in [2.24, 2.45) is 5.73 Å². The molecule has 14 heavy (non-hydrogen) atoms. The molecule has 2 N–H and O–H groups in total. The summed E-state index contributed by atoms with van der Waals surface area (Å²) in [7, 11) is 0. The largest absolute Gasteiger partial charge is 0.324 e. The third kappa shape index (κ3) is 2.46. The Hall–Kier alpha value is -1.08. The van der Waals surface area contributed by atoms with Crippen molar-refractivity contribution in [2.45, 2.75) is 32.7 Å². The summed E-state index contributed by atoms with van der Waals surface area (Å²) in [6.07, 6.45) is 3.77. The fraction of sp³-hybridized carbons (Fsp3) is 0.385. The number of hydrogen-bond acceptors (Lipinski definition) is 1. The maximum atomic E-state index is 6.08. The van der Waals surface area contributed by atoms with Gasteiger partial charge in [0.25, 0.3) is 0 Å². The van der Waals surface area contributed by atoms with Crippen LogP contribution in [0.1, 0.15) is 36.1 Å². The predicted molar refractivity (Wildman–Crippen MR) is 62.3 cm³/mol. The van der Waals surface area contributed by atoms with Crippen LogP contribution in [0.2, 0.25) is 0 Å². The lowest BCUT2D eigenvalue weighted by Crippen LogP contribution is -2.11. The van der Waals surface area contributed by atoms with Gasteiger partial charge in [0, 0.05) is 6.04 Å². The van der Waals surface area contributed by atoms with Gasteiger partial charge in [0.05, 0.1) is 0 Å². The van der Waals surface area contributed by atoms with Gasteiger partial charge in [0.15, 0.2) is 0 Å². The molecule has 1 rings (SSSR count). The number of rotatable bonds is 4. The molecule has 0 unspecified atom stereocenters. The van der Waals surface area contributed by atoms with E-state index < -0.39 is 0 Å². The van der Waals surface area contributed by atoms with Crippen LogP contribution in [-0.4, -0.2) is 0 Å². The summed E-state index contributed by atoms with van der Waals surface area (Å²) in [4.78, 5) is 0. The first-order valence-corrected chi connectivity index (χ1v) is 5.15. The Labute approximate surface area is 86.6 Å². The first kappa shape index (κ1) is 11.0. The molecule has 1 nitrogen and oxygen atoms in total. The van der Waals surface area contributed by atoms with E-state index in [1.54, 1.807) is 0 Å². The standard InChI is InChI=1S/C13H19N/c1-4-6-13(14)12-9-10(3)7-8-11(12)5-2/h4,7-9,13H,1,5-6,14H2,2-3H3/t13-/m1/s1. The minimum Gasteiger partial charge on any atom is -0.324 e. The Balaban J connectivity index is 3.02. The first-order valence-electron chi connectivity index (χ1n) is 5.15. The maximum Gasteiger partial charge on any atom is 0.0332 e. The third-order valence-corrected chi connectivity index (χ3v) is 2.50. The van der Waals surface area contributed by atoms with Crippen LogP contribution < -0.4 is 5.73 Å². The van der Waals surface area contributed by atoms with Crippen molar-refractivity contribution in [3.63, 3.8) is 0 Å². The van der Waals surface area contributed by atoms with Crippen LogP contribution in [0.3, 0.4) is 0 Å². The summed E-state index contributed by atoms with van der Waals surface area (Å²) in [6, 6.07) is 6.60. The van der Waals surface area contributed by atoms with Crippen LogP contribution >= 0.6 is 0 Å². The molecule has 0 aliphatic heterocycles. The molecule has 1 aromatic carbocycles. The molecule has 0 aliphatic rings. The highest BCUT2D eigenvalue weighted by molar-refractivity contribution is 5.34. The van der Waals surface area contributed by atoms with Gasteiger partial charge < -0.3 is 5.73 Å². The van der Waals surface area contributed by atoms with Crippen molar-refractivity contribution >= 4 is 0 Å². The van der Waals surface area contributed by atoms with Crippen molar-refractivity contribution in [1.82, 2.24) is 0 Å². The van der Waals surface area contributed by atoms with E-state index in [9.17, 15) is 0 Å². The van der Waals surface area contributed by atoms with Gasteiger partial charge >= 0.3 is 0 Å². The zero-order valence-electron chi connectivity index (χ0n) is 9.09. The fourth-order valence-electron chi connectivity index (χ4n) is 1.69. The van der Waals surface area contributed by atoms with Gasteiger partial charge in [0.1, 0.15) is 0 Å². The number of hydrogen-bond donors (Lipinski definition) is 1. The Bertz CT molecular complexity index is 315. The lowest BCUT2D eigenvalue weighted by atomic mass is 9.95.